The first kappa shape index (κ1) is 16.0. The van der Waals surface area contributed by atoms with Crippen LogP contribution in [0.15, 0.2) is 42.5 Å². The van der Waals surface area contributed by atoms with Gasteiger partial charge in [-0.05, 0) is 53.3 Å². The highest BCUT2D eigenvalue weighted by Gasteiger charge is 2.18. The average Bonchev–Trinajstić information content (AvgIpc) is 2.71. The van der Waals surface area contributed by atoms with E-state index >= 15 is 0 Å². The Labute approximate surface area is 140 Å². The molecule has 1 N–H and O–H groups in total. The second-order valence-corrected chi connectivity index (χ2v) is 5.70. The zero-order chi connectivity index (χ0) is 17.1. The van der Waals surface area contributed by atoms with E-state index in [1.54, 1.807) is 19.1 Å². The lowest BCUT2D eigenvalue weighted by atomic mass is 9.96. The SMILES string of the molecule is CCOC(=O)CC1=Cc2cc(C(=O)O)ccc2Cc2ccccc21. The van der Waals surface area contributed by atoms with E-state index in [9.17, 15) is 14.7 Å². The van der Waals surface area contributed by atoms with Crippen molar-refractivity contribution in [3.63, 3.8) is 0 Å². The van der Waals surface area contributed by atoms with Gasteiger partial charge in [-0.3, -0.25) is 4.79 Å². The molecule has 0 aliphatic heterocycles. The molecule has 0 spiro atoms. The van der Waals surface area contributed by atoms with Crippen LogP contribution in [-0.2, 0) is 16.0 Å². The number of rotatable bonds is 4. The lowest BCUT2D eigenvalue weighted by Gasteiger charge is -2.10. The summed E-state index contributed by atoms with van der Waals surface area (Å²) in [5, 5.41) is 9.22. The van der Waals surface area contributed by atoms with Gasteiger partial charge >= 0.3 is 11.9 Å². The summed E-state index contributed by atoms with van der Waals surface area (Å²) < 4.78 is 5.08. The van der Waals surface area contributed by atoms with Crippen molar-refractivity contribution in [2.75, 3.05) is 6.61 Å². The highest BCUT2D eigenvalue weighted by Crippen LogP contribution is 2.32. The number of carbonyl (C=O) groups excluding carboxylic acids is 1. The Morgan fingerprint density at radius 1 is 1.12 bits per heavy atom. The third kappa shape index (κ3) is 3.23. The second-order valence-electron chi connectivity index (χ2n) is 5.70. The molecule has 4 heteroatoms. The molecule has 122 valence electrons. The molecule has 0 atom stereocenters. The molecule has 0 unspecified atom stereocenters. The third-order valence-corrected chi connectivity index (χ3v) is 4.11. The summed E-state index contributed by atoms with van der Waals surface area (Å²) in [6.07, 6.45) is 2.78. The predicted octanol–water partition coefficient (Wildman–Crippen LogP) is 3.78. The molecule has 0 fully saturated rings. The van der Waals surface area contributed by atoms with Gasteiger partial charge in [0.15, 0.2) is 0 Å². The van der Waals surface area contributed by atoms with Crippen LogP contribution in [-0.4, -0.2) is 23.7 Å². The van der Waals surface area contributed by atoms with Gasteiger partial charge in [0.05, 0.1) is 18.6 Å². The lowest BCUT2D eigenvalue weighted by Crippen LogP contribution is -2.05. The normalized spacial score (nSPS) is 12.5. The minimum absolute atomic E-state index is 0.168. The maximum atomic E-state index is 12.0. The van der Waals surface area contributed by atoms with Crippen molar-refractivity contribution in [1.29, 1.82) is 0 Å². The van der Waals surface area contributed by atoms with Gasteiger partial charge in [0.25, 0.3) is 0 Å². The van der Waals surface area contributed by atoms with Crippen LogP contribution < -0.4 is 0 Å². The number of ether oxygens (including phenoxy) is 1. The number of carboxylic acid groups (broad SMARTS) is 1. The quantitative estimate of drug-likeness (QED) is 0.870. The van der Waals surface area contributed by atoms with Crippen LogP contribution in [0.5, 0.6) is 0 Å². The van der Waals surface area contributed by atoms with Crippen molar-refractivity contribution in [3.8, 4) is 0 Å². The van der Waals surface area contributed by atoms with Crippen LogP contribution in [0.4, 0.5) is 0 Å². The monoisotopic (exact) mass is 322 g/mol. The fraction of sp³-hybridized carbons (Fsp3) is 0.200. The van der Waals surface area contributed by atoms with Gasteiger partial charge in [-0.1, -0.05) is 36.4 Å². The van der Waals surface area contributed by atoms with Crippen LogP contribution in [0.25, 0.3) is 11.6 Å². The van der Waals surface area contributed by atoms with Crippen LogP contribution in [0.1, 0.15) is 46.0 Å². The Kier molecular flexibility index (Phi) is 4.47. The number of carboxylic acids is 1. The van der Waals surface area contributed by atoms with Gasteiger partial charge in [-0.25, -0.2) is 4.79 Å². The molecule has 0 aromatic heterocycles. The molecule has 0 bridgehead atoms. The fourth-order valence-corrected chi connectivity index (χ4v) is 3.00. The van der Waals surface area contributed by atoms with E-state index in [2.05, 4.69) is 0 Å². The summed E-state index contributed by atoms with van der Waals surface area (Å²) in [7, 11) is 0. The number of hydrogen-bond donors (Lipinski definition) is 1. The van der Waals surface area contributed by atoms with Crippen molar-refractivity contribution in [1.82, 2.24) is 0 Å². The van der Waals surface area contributed by atoms with E-state index in [-0.39, 0.29) is 18.0 Å². The molecule has 4 nitrogen and oxygen atoms in total. The van der Waals surface area contributed by atoms with Crippen LogP contribution in [0.3, 0.4) is 0 Å². The van der Waals surface area contributed by atoms with Crippen molar-refractivity contribution in [2.24, 2.45) is 0 Å². The molecule has 0 saturated carbocycles. The first-order valence-corrected chi connectivity index (χ1v) is 7.89. The van der Waals surface area contributed by atoms with Crippen LogP contribution in [0.2, 0.25) is 0 Å². The molecule has 2 aromatic rings. The predicted molar refractivity (Wildman–Crippen MR) is 91.8 cm³/mol. The van der Waals surface area contributed by atoms with Gasteiger partial charge in [0.1, 0.15) is 0 Å². The summed E-state index contributed by atoms with van der Waals surface area (Å²) in [6, 6.07) is 13.1. The second kappa shape index (κ2) is 6.71. The van der Waals surface area contributed by atoms with E-state index in [1.807, 2.05) is 36.4 Å². The number of esters is 1. The number of benzene rings is 2. The van der Waals surface area contributed by atoms with Gasteiger partial charge in [-0.15, -0.1) is 0 Å². The average molecular weight is 322 g/mol. The summed E-state index contributed by atoms with van der Waals surface area (Å²) in [5.74, 6) is -1.24. The smallest absolute Gasteiger partial charge is 0.335 e. The highest BCUT2D eigenvalue weighted by molar-refractivity contribution is 5.95. The van der Waals surface area contributed by atoms with Gasteiger partial charge in [0.2, 0.25) is 0 Å². The Bertz CT molecular complexity index is 833. The molecule has 0 radical (unpaired) electrons. The van der Waals surface area contributed by atoms with Crippen molar-refractivity contribution in [2.45, 2.75) is 19.8 Å². The zero-order valence-corrected chi connectivity index (χ0v) is 13.4. The Morgan fingerprint density at radius 3 is 2.67 bits per heavy atom. The molecule has 0 saturated heterocycles. The summed E-state index contributed by atoms with van der Waals surface area (Å²) >= 11 is 0. The Balaban J connectivity index is 2.10. The van der Waals surface area contributed by atoms with Gasteiger partial charge < -0.3 is 9.84 Å². The largest absolute Gasteiger partial charge is 0.478 e. The van der Waals surface area contributed by atoms with E-state index in [0.717, 1.165) is 27.8 Å². The van der Waals surface area contributed by atoms with Gasteiger partial charge in [-0.2, -0.15) is 0 Å². The minimum Gasteiger partial charge on any atom is -0.478 e. The molecular formula is C20H18O4. The van der Waals surface area contributed by atoms with Crippen molar-refractivity contribution >= 4 is 23.6 Å². The molecule has 0 heterocycles. The van der Waals surface area contributed by atoms with E-state index in [4.69, 9.17) is 4.74 Å². The first-order valence-electron chi connectivity index (χ1n) is 7.89. The highest BCUT2D eigenvalue weighted by atomic mass is 16.5. The zero-order valence-electron chi connectivity index (χ0n) is 13.4. The van der Waals surface area contributed by atoms with Crippen molar-refractivity contribution < 1.29 is 19.4 Å². The summed E-state index contributed by atoms with van der Waals surface area (Å²) in [5.41, 5.74) is 5.11. The van der Waals surface area contributed by atoms with E-state index < -0.39 is 5.97 Å². The first-order chi connectivity index (χ1) is 11.6. The number of fused-ring (bicyclic) bond motifs is 2. The van der Waals surface area contributed by atoms with Gasteiger partial charge in [0, 0.05) is 0 Å². The summed E-state index contributed by atoms with van der Waals surface area (Å²) in [6.45, 7) is 2.12. The summed E-state index contributed by atoms with van der Waals surface area (Å²) in [4.78, 5) is 23.2. The van der Waals surface area contributed by atoms with E-state index in [0.29, 0.717) is 13.0 Å². The molecule has 3 rings (SSSR count). The Morgan fingerprint density at radius 2 is 1.92 bits per heavy atom. The van der Waals surface area contributed by atoms with Crippen LogP contribution in [0, 0.1) is 0 Å². The van der Waals surface area contributed by atoms with E-state index in [1.165, 1.54) is 0 Å². The molecule has 1 aliphatic rings. The molecular weight excluding hydrogens is 304 g/mol. The van der Waals surface area contributed by atoms with Crippen molar-refractivity contribution in [3.05, 3.63) is 70.3 Å². The third-order valence-electron chi connectivity index (χ3n) is 4.11. The minimum atomic E-state index is -0.958. The number of hydrogen-bond acceptors (Lipinski definition) is 3. The molecule has 2 aromatic carbocycles. The standard InChI is InChI=1S/C20H18O4/c1-2-24-19(21)12-17-11-16-10-15(20(22)23)8-7-13(16)9-14-5-3-4-6-18(14)17/h3-8,10-11H,2,9,12H2,1H3,(H,22,23). The molecule has 24 heavy (non-hydrogen) atoms. The maximum absolute atomic E-state index is 12.0. The lowest BCUT2D eigenvalue weighted by molar-refractivity contribution is -0.141. The molecule has 0 amide bonds. The molecule has 1 aliphatic carbocycles. The Hall–Kier alpha value is -2.88. The number of aromatic carboxylic acids is 1. The maximum Gasteiger partial charge on any atom is 0.335 e. The van der Waals surface area contributed by atoms with Crippen LogP contribution >= 0.6 is 0 Å². The topological polar surface area (TPSA) is 63.6 Å². The number of carbonyl (C=O) groups is 2. The fourth-order valence-electron chi connectivity index (χ4n) is 3.00.